The van der Waals surface area contributed by atoms with Crippen molar-refractivity contribution in [3.63, 3.8) is 0 Å². The third kappa shape index (κ3) is 6.44. The molecule has 21 heavy (non-hydrogen) atoms. The summed E-state index contributed by atoms with van der Waals surface area (Å²) in [5.41, 5.74) is 0. The zero-order valence-corrected chi connectivity index (χ0v) is 12.7. The first-order valence-corrected chi connectivity index (χ1v) is 8.11. The summed E-state index contributed by atoms with van der Waals surface area (Å²) < 4.78 is 5.30. The first kappa shape index (κ1) is 16.2. The summed E-state index contributed by atoms with van der Waals surface area (Å²) in [5, 5.41) is 9.09. The van der Waals surface area contributed by atoms with Crippen LogP contribution in [0.3, 0.4) is 0 Å². The quantitative estimate of drug-likeness (QED) is 0.660. The number of hydrogen-bond acceptors (Lipinski definition) is 4. The average Bonchev–Trinajstić information content (AvgIpc) is 2.49. The third-order valence-corrected chi connectivity index (χ3v) is 4.07. The van der Waals surface area contributed by atoms with E-state index in [1.54, 1.807) is 0 Å². The number of rotatable bonds is 6. The lowest BCUT2D eigenvalue weighted by molar-refractivity contribution is -0.123. The van der Waals surface area contributed by atoms with E-state index in [4.69, 9.17) is 4.74 Å². The molecule has 2 rings (SSSR count). The molecule has 0 aromatic heterocycles. The summed E-state index contributed by atoms with van der Waals surface area (Å²) in [6, 6.07) is 0.431. The molecule has 2 fully saturated rings. The van der Waals surface area contributed by atoms with Crippen LogP contribution in [0.15, 0.2) is 0 Å². The number of hydrogen-bond donors (Lipinski definition) is 3. The minimum atomic E-state index is -0.0246. The van der Waals surface area contributed by atoms with Crippen LogP contribution < -0.4 is 16.0 Å². The zero-order chi connectivity index (χ0) is 14.9. The van der Waals surface area contributed by atoms with Gasteiger partial charge in [-0.1, -0.05) is 19.3 Å². The number of carbonyl (C=O) groups excluding carboxylic acids is 2. The van der Waals surface area contributed by atoms with Gasteiger partial charge in [-0.25, -0.2) is 0 Å². The van der Waals surface area contributed by atoms with Gasteiger partial charge >= 0.3 is 0 Å². The van der Waals surface area contributed by atoms with Crippen molar-refractivity contribution < 1.29 is 14.3 Å². The average molecular weight is 297 g/mol. The van der Waals surface area contributed by atoms with Crippen molar-refractivity contribution in [2.24, 2.45) is 0 Å². The van der Waals surface area contributed by atoms with Crippen molar-refractivity contribution in [2.75, 3.05) is 26.3 Å². The van der Waals surface area contributed by atoms with Crippen molar-refractivity contribution in [2.45, 2.75) is 57.0 Å². The number of nitrogens with one attached hydrogen (secondary N) is 3. The van der Waals surface area contributed by atoms with Crippen molar-refractivity contribution in [3.8, 4) is 0 Å². The highest BCUT2D eigenvalue weighted by molar-refractivity contribution is 5.79. The molecule has 6 nitrogen and oxygen atoms in total. The first-order valence-electron chi connectivity index (χ1n) is 8.11. The van der Waals surface area contributed by atoms with E-state index in [0.29, 0.717) is 38.6 Å². The van der Waals surface area contributed by atoms with Crippen LogP contribution in [0.2, 0.25) is 0 Å². The molecule has 120 valence electrons. The summed E-state index contributed by atoms with van der Waals surface area (Å²) >= 11 is 0. The summed E-state index contributed by atoms with van der Waals surface area (Å²) in [6.45, 7) is 2.49. The Balaban J connectivity index is 1.53. The minimum absolute atomic E-state index is 0.0246. The Morgan fingerprint density at radius 3 is 2.67 bits per heavy atom. The van der Waals surface area contributed by atoms with E-state index in [0.717, 1.165) is 19.4 Å². The van der Waals surface area contributed by atoms with Gasteiger partial charge in [0.05, 0.1) is 13.2 Å². The van der Waals surface area contributed by atoms with Crippen LogP contribution in [0, 0.1) is 0 Å². The molecule has 0 aromatic carbocycles. The van der Waals surface area contributed by atoms with Crippen LogP contribution in [0.25, 0.3) is 0 Å². The van der Waals surface area contributed by atoms with E-state index in [-0.39, 0.29) is 17.9 Å². The van der Waals surface area contributed by atoms with E-state index in [9.17, 15) is 9.59 Å². The Kier molecular flexibility index (Phi) is 6.95. The van der Waals surface area contributed by atoms with Crippen molar-refractivity contribution >= 4 is 11.8 Å². The highest BCUT2D eigenvalue weighted by Crippen LogP contribution is 2.17. The molecule has 1 saturated carbocycles. The number of amides is 2. The molecule has 0 bridgehead atoms. The van der Waals surface area contributed by atoms with E-state index < -0.39 is 0 Å². The maximum absolute atomic E-state index is 11.8. The highest BCUT2D eigenvalue weighted by Gasteiger charge is 2.18. The minimum Gasteiger partial charge on any atom is -0.378 e. The van der Waals surface area contributed by atoms with Crippen molar-refractivity contribution in [1.82, 2.24) is 16.0 Å². The van der Waals surface area contributed by atoms with E-state index >= 15 is 0 Å². The lowest BCUT2D eigenvalue weighted by Gasteiger charge is -2.23. The van der Waals surface area contributed by atoms with E-state index in [2.05, 4.69) is 16.0 Å². The molecule has 2 aliphatic rings. The predicted octanol–water partition coefficient (Wildman–Crippen LogP) is 0.320. The van der Waals surface area contributed by atoms with Gasteiger partial charge < -0.3 is 20.7 Å². The normalized spacial score (nSPS) is 23.5. The standard InChI is InChI=1S/C15H27N3O3/c19-14(18-12-4-2-1-3-5-12)6-7-17-15(20)10-13-11-21-9-8-16-13/h12-13,16H,1-11H2,(H,17,20)(H,18,19). The maximum Gasteiger partial charge on any atom is 0.221 e. The number of carbonyl (C=O) groups is 2. The molecule has 0 radical (unpaired) electrons. The van der Waals surface area contributed by atoms with Crippen LogP contribution in [-0.4, -0.2) is 50.2 Å². The van der Waals surface area contributed by atoms with Crippen LogP contribution in [0.1, 0.15) is 44.9 Å². The molecule has 3 N–H and O–H groups in total. The van der Waals surface area contributed by atoms with Gasteiger partial charge in [-0.3, -0.25) is 9.59 Å². The number of morpholine rings is 1. The second-order valence-electron chi connectivity index (χ2n) is 5.93. The van der Waals surface area contributed by atoms with Gasteiger partial charge in [0, 0.05) is 38.0 Å². The van der Waals surface area contributed by atoms with Gasteiger partial charge in [0.25, 0.3) is 0 Å². The maximum atomic E-state index is 11.8. The molecule has 0 aromatic rings. The second-order valence-corrected chi connectivity index (χ2v) is 5.93. The van der Waals surface area contributed by atoms with Crippen LogP contribution >= 0.6 is 0 Å². The van der Waals surface area contributed by atoms with Crippen LogP contribution in [0.4, 0.5) is 0 Å². The van der Waals surface area contributed by atoms with Crippen LogP contribution in [-0.2, 0) is 14.3 Å². The molecular formula is C15H27N3O3. The fourth-order valence-electron chi connectivity index (χ4n) is 2.91. The zero-order valence-electron chi connectivity index (χ0n) is 12.7. The van der Waals surface area contributed by atoms with Crippen LogP contribution in [0.5, 0.6) is 0 Å². The molecule has 1 saturated heterocycles. The van der Waals surface area contributed by atoms with E-state index in [1.807, 2.05) is 0 Å². The van der Waals surface area contributed by atoms with Crippen molar-refractivity contribution in [1.29, 1.82) is 0 Å². The lowest BCUT2D eigenvalue weighted by atomic mass is 9.95. The largest absolute Gasteiger partial charge is 0.378 e. The van der Waals surface area contributed by atoms with Gasteiger partial charge in [-0.2, -0.15) is 0 Å². The molecular weight excluding hydrogens is 270 g/mol. The molecule has 6 heteroatoms. The van der Waals surface area contributed by atoms with E-state index in [1.165, 1.54) is 19.3 Å². The highest BCUT2D eigenvalue weighted by atomic mass is 16.5. The molecule has 2 amide bonds. The monoisotopic (exact) mass is 297 g/mol. The Morgan fingerprint density at radius 1 is 1.14 bits per heavy atom. The summed E-state index contributed by atoms with van der Waals surface area (Å²) in [4.78, 5) is 23.5. The Bertz CT molecular complexity index is 305. The molecule has 1 aliphatic carbocycles. The third-order valence-electron chi connectivity index (χ3n) is 4.07. The topological polar surface area (TPSA) is 79.5 Å². The van der Waals surface area contributed by atoms with Gasteiger partial charge in [-0.05, 0) is 12.8 Å². The molecule has 1 aliphatic heterocycles. The number of ether oxygens (including phenoxy) is 1. The molecule has 1 unspecified atom stereocenters. The summed E-state index contributed by atoms with van der Waals surface area (Å²) in [5.74, 6) is 0.0183. The fraction of sp³-hybridized carbons (Fsp3) is 0.867. The SMILES string of the molecule is O=C(CC1COCCN1)NCCC(=O)NC1CCCCC1. The Morgan fingerprint density at radius 2 is 1.95 bits per heavy atom. The smallest absolute Gasteiger partial charge is 0.221 e. The Hall–Kier alpha value is -1.14. The Labute approximate surface area is 126 Å². The van der Waals surface area contributed by atoms with Crippen molar-refractivity contribution in [3.05, 3.63) is 0 Å². The second kappa shape index (κ2) is 9.00. The summed E-state index contributed by atoms with van der Waals surface area (Å²) in [7, 11) is 0. The molecule has 1 heterocycles. The molecule has 0 spiro atoms. The molecule has 1 atom stereocenters. The lowest BCUT2D eigenvalue weighted by Crippen LogP contribution is -2.44. The fourth-order valence-corrected chi connectivity index (χ4v) is 2.91. The summed E-state index contributed by atoms with van der Waals surface area (Å²) in [6.07, 6.45) is 6.63. The van der Waals surface area contributed by atoms with Gasteiger partial charge in [-0.15, -0.1) is 0 Å². The predicted molar refractivity (Wildman–Crippen MR) is 79.9 cm³/mol. The van der Waals surface area contributed by atoms with Gasteiger partial charge in [0.2, 0.25) is 11.8 Å². The van der Waals surface area contributed by atoms with Gasteiger partial charge in [0.15, 0.2) is 0 Å². The van der Waals surface area contributed by atoms with Gasteiger partial charge in [0.1, 0.15) is 0 Å². The first-order chi connectivity index (χ1) is 10.2.